The molecule has 2 rings (SSSR count). The van der Waals surface area contributed by atoms with E-state index in [1.807, 2.05) is 0 Å². The molecule has 1 saturated carbocycles. The summed E-state index contributed by atoms with van der Waals surface area (Å²) < 4.78 is 27.4. The highest BCUT2D eigenvalue weighted by atomic mass is 32.2. The van der Waals surface area contributed by atoms with E-state index in [0.717, 1.165) is 0 Å². The first-order valence-electron chi connectivity index (χ1n) is 5.30. The summed E-state index contributed by atoms with van der Waals surface area (Å²) in [6.07, 6.45) is 3.87. The van der Waals surface area contributed by atoms with Crippen molar-refractivity contribution in [2.75, 3.05) is 13.1 Å². The van der Waals surface area contributed by atoms with E-state index in [9.17, 15) is 8.42 Å². The van der Waals surface area contributed by atoms with Gasteiger partial charge in [0.15, 0.2) is 5.03 Å². The molecule has 0 unspecified atom stereocenters. The van der Waals surface area contributed by atoms with E-state index in [2.05, 4.69) is 15.1 Å². The van der Waals surface area contributed by atoms with E-state index in [0.29, 0.717) is 19.1 Å². The Balaban J connectivity index is 1.85. The van der Waals surface area contributed by atoms with Gasteiger partial charge in [-0.2, -0.15) is 5.10 Å². The van der Waals surface area contributed by atoms with Crippen LogP contribution in [0.25, 0.3) is 0 Å². The largest absolute Gasteiger partial charge is 0.313 e. The van der Waals surface area contributed by atoms with Crippen LogP contribution in [0.15, 0.2) is 17.3 Å². The number of aromatic nitrogens is 2. The lowest BCUT2D eigenvalue weighted by Crippen LogP contribution is -2.33. The average molecular weight is 244 g/mol. The molecule has 0 amide bonds. The van der Waals surface area contributed by atoms with Gasteiger partial charge in [-0.25, -0.2) is 13.1 Å². The fourth-order valence-electron chi connectivity index (χ4n) is 1.45. The van der Waals surface area contributed by atoms with Gasteiger partial charge in [0.2, 0.25) is 0 Å². The van der Waals surface area contributed by atoms with Gasteiger partial charge < -0.3 is 5.32 Å². The first-order valence-corrected chi connectivity index (χ1v) is 6.79. The number of hydrogen-bond acceptors (Lipinski definition) is 4. The van der Waals surface area contributed by atoms with E-state index < -0.39 is 10.0 Å². The summed E-state index contributed by atoms with van der Waals surface area (Å²) >= 11 is 0. The molecule has 0 aromatic carbocycles. The summed E-state index contributed by atoms with van der Waals surface area (Å²) in [7, 11) is -1.81. The molecule has 7 heteroatoms. The van der Waals surface area contributed by atoms with Gasteiger partial charge >= 0.3 is 0 Å². The third kappa shape index (κ3) is 2.81. The fraction of sp³-hybridized carbons (Fsp3) is 0.667. The van der Waals surface area contributed by atoms with E-state index in [-0.39, 0.29) is 5.03 Å². The summed E-state index contributed by atoms with van der Waals surface area (Å²) in [4.78, 5) is 0. The predicted molar refractivity (Wildman–Crippen MR) is 59.4 cm³/mol. The van der Waals surface area contributed by atoms with Gasteiger partial charge in [-0.15, -0.1) is 0 Å². The van der Waals surface area contributed by atoms with Crippen LogP contribution in [0.2, 0.25) is 0 Å². The van der Waals surface area contributed by atoms with Crippen LogP contribution in [0.4, 0.5) is 0 Å². The normalized spacial score (nSPS) is 16.6. The molecule has 1 aromatic rings. The second-order valence-corrected chi connectivity index (χ2v) is 5.63. The number of aryl methyl sites for hydroxylation is 1. The number of nitrogens with zero attached hydrogens (tertiary/aromatic N) is 2. The molecule has 0 bridgehead atoms. The molecule has 1 aliphatic rings. The molecule has 90 valence electrons. The van der Waals surface area contributed by atoms with Crippen molar-refractivity contribution in [3.63, 3.8) is 0 Å². The van der Waals surface area contributed by atoms with Crippen LogP contribution in [-0.4, -0.2) is 37.3 Å². The Hall–Kier alpha value is -0.920. The Labute approximate surface area is 95.1 Å². The summed E-state index contributed by atoms with van der Waals surface area (Å²) in [6, 6.07) is 2.08. The van der Waals surface area contributed by atoms with Crippen molar-refractivity contribution in [3.05, 3.63) is 12.3 Å². The zero-order chi connectivity index (χ0) is 11.6. The minimum Gasteiger partial charge on any atom is -0.313 e. The fourth-order valence-corrected chi connectivity index (χ4v) is 2.60. The molecule has 1 aromatic heterocycles. The Morgan fingerprint density at radius 2 is 2.25 bits per heavy atom. The second kappa shape index (κ2) is 4.52. The molecule has 16 heavy (non-hydrogen) atoms. The van der Waals surface area contributed by atoms with Gasteiger partial charge in [0.05, 0.1) is 6.20 Å². The van der Waals surface area contributed by atoms with Crippen molar-refractivity contribution in [2.24, 2.45) is 7.05 Å². The lowest BCUT2D eigenvalue weighted by atomic mass is 10.6. The monoisotopic (exact) mass is 244 g/mol. The van der Waals surface area contributed by atoms with E-state index in [1.165, 1.54) is 29.8 Å². The number of nitrogens with one attached hydrogen (secondary N) is 2. The molecule has 0 saturated heterocycles. The molecule has 6 nitrogen and oxygen atoms in total. The van der Waals surface area contributed by atoms with Crippen molar-refractivity contribution >= 4 is 10.0 Å². The lowest BCUT2D eigenvalue weighted by Gasteiger charge is -2.07. The molecule has 1 heterocycles. The van der Waals surface area contributed by atoms with Crippen LogP contribution in [0.3, 0.4) is 0 Å². The molecule has 1 fully saturated rings. The van der Waals surface area contributed by atoms with Crippen LogP contribution in [0.1, 0.15) is 12.8 Å². The van der Waals surface area contributed by atoms with E-state index in [1.54, 1.807) is 7.05 Å². The highest BCUT2D eigenvalue weighted by Crippen LogP contribution is 2.17. The van der Waals surface area contributed by atoms with Crippen molar-refractivity contribution in [1.29, 1.82) is 0 Å². The van der Waals surface area contributed by atoms with Crippen molar-refractivity contribution < 1.29 is 8.42 Å². The quantitative estimate of drug-likeness (QED) is 0.658. The second-order valence-electron chi connectivity index (χ2n) is 3.92. The van der Waals surface area contributed by atoms with Crippen molar-refractivity contribution in [2.45, 2.75) is 23.9 Å². The zero-order valence-electron chi connectivity index (χ0n) is 9.18. The molecule has 0 atom stereocenters. The van der Waals surface area contributed by atoms with Crippen LogP contribution < -0.4 is 10.0 Å². The van der Waals surface area contributed by atoms with Gasteiger partial charge in [-0.3, -0.25) is 4.68 Å². The van der Waals surface area contributed by atoms with Crippen LogP contribution in [0, 0.1) is 0 Å². The Morgan fingerprint density at radius 1 is 1.50 bits per heavy atom. The summed E-state index contributed by atoms with van der Waals surface area (Å²) in [5.74, 6) is 0. The predicted octanol–water partition coefficient (Wildman–Crippen LogP) is -0.550. The van der Waals surface area contributed by atoms with Crippen LogP contribution >= 0.6 is 0 Å². The molecular formula is C9H16N4O2S. The third-order valence-corrected chi connectivity index (χ3v) is 4.01. The molecule has 0 spiro atoms. The summed E-state index contributed by atoms with van der Waals surface area (Å²) in [5, 5.41) is 7.26. The Bertz CT molecular complexity index is 450. The maximum absolute atomic E-state index is 11.8. The molecule has 2 N–H and O–H groups in total. The third-order valence-electron chi connectivity index (χ3n) is 2.48. The lowest BCUT2D eigenvalue weighted by molar-refractivity contribution is 0.558. The molecule has 0 radical (unpaired) electrons. The summed E-state index contributed by atoms with van der Waals surface area (Å²) in [6.45, 7) is 1.08. The molecule has 0 aliphatic heterocycles. The SMILES string of the molecule is Cn1nccc1S(=O)(=O)NCCNC1CC1. The molecular weight excluding hydrogens is 228 g/mol. The Morgan fingerprint density at radius 3 is 2.81 bits per heavy atom. The van der Waals surface area contributed by atoms with Gasteiger partial charge in [-0.1, -0.05) is 0 Å². The van der Waals surface area contributed by atoms with E-state index >= 15 is 0 Å². The summed E-state index contributed by atoms with van der Waals surface area (Å²) in [5.41, 5.74) is 0. The van der Waals surface area contributed by atoms with E-state index in [4.69, 9.17) is 0 Å². The average Bonchev–Trinajstić information content (AvgIpc) is 2.94. The highest BCUT2D eigenvalue weighted by Gasteiger charge is 2.21. The Kier molecular flexibility index (Phi) is 3.27. The first kappa shape index (κ1) is 11.6. The minimum absolute atomic E-state index is 0.193. The molecule has 1 aliphatic carbocycles. The number of rotatable bonds is 6. The maximum atomic E-state index is 11.8. The highest BCUT2D eigenvalue weighted by molar-refractivity contribution is 7.89. The maximum Gasteiger partial charge on any atom is 0.257 e. The van der Waals surface area contributed by atoms with Crippen molar-refractivity contribution in [3.8, 4) is 0 Å². The zero-order valence-corrected chi connectivity index (χ0v) is 10.00. The van der Waals surface area contributed by atoms with Crippen LogP contribution in [0.5, 0.6) is 0 Å². The standard InChI is InChI=1S/C9H16N4O2S/c1-13-9(4-5-11-13)16(14,15)12-7-6-10-8-2-3-8/h4-5,8,10,12H,2-3,6-7H2,1H3. The van der Waals surface area contributed by atoms with Gasteiger partial charge in [0, 0.05) is 26.2 Å². The van der Waals surface area contributed by atoms with Crippen molar-refractivity contribution in [1.82, 2.24) is 19.8 Å². The topological polar surface area (TPSA) is 76.0 Å². The first-order chi connectivity index (χ1) is 7.59. The van der Waals surface area contributed by atoms with Gasteiger partial charge in [0.25, 0.3) is 10.0 Å². The van der Waals surface area contributed by atoms with Crippen LogP contribution in [-0.2, 0) is 17.1 Å². The van der Waals surface area contributed by atoms with Gasteiger partial charge in [-0.05, 0) is 18.9 Å². The van der Waals surface area contributed by atoms with Gasteiger partial charge in [0.1, 0.15) is 0 Å². The minimum atomic E-state index is -3.41. The number of hydrogen-bond donors (Lipinski definition) is 2. The smallest absolute Gasteiger partial charge is 0.257 e. The number of sulfonamides is 1.